The van der Waals surface area contributed by atoms with Crippen LogP contribution in [0.1, 0.15) is 32.5 Å². The number of benzene rings is 3. The highest BCUT2D eigenvalue weighted by atomic mass is 35.5. The molecule has 5 heteroatoms. The predicted octanol–water partition coefficient (Wildman–Crippen LogP) is 5.07. The molecule has 1 N–H and O–H groups in total. The minimum absolute atomic E-state index is 0.297. The zero-order valence-corrected chi connectivity index (χ0v) is 15.0. The molecule has 0 unspecified atom stereocenters. The van der Waals surface area contributed by atoms with Crippen LogP contribution in [0.25, 0.3) is 11.0 Å². The van der Waals surface area contributed by atoms with Gasteiger partial charge in [0.05, 0.1) is 11.0 Å². The number of nitrogens with zero attached hydrogens (tertiary/aromatic N) is 1. The molecule has 27 heavy (non-hydrogen) atoms. The number of fused-ring (bicyclic) bond motifs is 1. The van der Waals surface area contributed by atoms with E-state index in [-0.39, 0.29) is 11.6 Å². The first-order valence-electron chi connectivity index (χ1n) is 8.47. The highest BCUT2D eigenvalue weighted by Gasteiger charge is 2.32. The highest BCUT2D eigenvalue weighted by molar-refractivity contribution is 6.31. The number of H-pyrrole nitrogens is 1. The lowest BCUT2D eigenvalue weighted by molar-refractivity contribution is 0.0856. The Morgan fingerprint density at radius 2 is 1.37 bits per heavy atom. The third kappa shape index (κ3) is 3.39. The van der Waals surface area contributed by atoms with Crippen LogP contribution < -0.4 is 0 Å². The smallest absolute Gasteiger partial charge is 0.181 e. The van der Waals surface area contributed by atoms with Crippen molar-refractivity contribution in [3.63, 3.8) is 0 Å². The average Bonchev–Trinajstić information content (AvgIpc) is 3.11. The molecular weight excluding hydrogens is 360 g/mol. The van der Waals surface area contributed by atoms with Gasteiger partial charge in [-0.05, 0) is 18.2 Å². The standard InChI is InChI=1S/C22H15ClN2O2/c23-16-11-12-17-18(13-16)25-22(24-17)19(20(26)14-7-3-1-4-8-14)21(27)15-9-5-2-6-10-15/h1-13,19H,(H,24,25). The van der Waals surface area contributed by atoms with E-state index >= 15 is 0 Å². The number of rotatable bonds is 5. The van der Waals surface area contributed by atoms with E-state index in [1.54, 1.807) is 66.7 Å². The maximum Gasteiger partial charge on any atom is 0.181 e. The molecule has 0 fully saturated rings. The van der Waals surface area contributed by atoms with Crippen molar-refractivity contribution in [2.75, 3.05) is 0 Å². The summed E-state index contributed by atoms with van der Waals surface area (Å²) in [7, 11) is 0. The average molecular weight is 375 g/mol. The Morgan fingerprint density at radius 1 is 0.815 bits per heavy atom. The fourth-order valence-corrected chi connectivity index (χ4v) is 3.22. The molecule has 0 aliphatic carbocycles. The molecule has 4 aromatic rings. The molecule has 0 saturated carbocycles. The molecule has 4 rings (SSSR count). The number of Topliss-reactive ketones (excluding diaryl/α,β-unsaturated/α-hetero) is 2. The van der Waals surface area contributed by atoms with Gasteiger partial charge in [-0.15, -0.1) is 0 Å². The van der Waals surface area contributed by atoms with Crippen LogP contribution >= 0.6 is 11.6 Å². The van der Waals surface area contributed by atoms with Gasteiger partial charge in [0.25, 0.3) is 0 Å². The molecule has 0 spiro atoms. The van der Waals surface area contributed by atoms with E-state index in [2.05, 4.69) is 9.97 Å². The van der Waals surface area contributed by atoms with Gasteiger partial charge in [-0.3, -0.25) is 9.59 Å². The van der Waals surface area contributed by atoms with Gasteiger partial charge in [0.1, 0.15) is 11.7 Å². The molecular formula is C22H15ClN2O2. The molecule has 0 atom stereocenters. The van der Waals surface area contributed by atoms with Crippen LogP contribution in [0.2, 0.25) is 5.02 Å². The van der Waals surface area contributed by atoms with E-state index < -0.39 is 5.92 Å². The van der Waals surface area contributed by atoms with Crippen molar-refractivity contribution in [1.29, 1.82) is 0 Å². The van der Waals surface area contributed by atoms with Crippen LogP contribution in [0.15, 0.2) is 78.9 Å². The molecule has 0 saturated heterocycles. The largest absolute Gasteiger partial charge is 0.341 e. The number of aromatic amines is 1. The molecule has 0 aliphatic heterocycles. The van der Waals surface area contributed by atoms with E-state index in [9.17, 15) is 9.59 Å². The first-order valence-corrected chi connectivity index (χ1v) is 8.85. The lowest BCUT2D eigenvalue weighted by atomic mass is 9.89. The fraction of sp³-hybridized carbons (Fsp3) is 0.0455. The number of ketones is 2. The highest BCUT2D eigenvalue weighted by Crippen LogP contribution is 2.27. The summed E-state index contributed by atoms with van der Waals surface area (Å²) in [4.78, 5) is 34.0. The van der Waals surface area contributed by atoms with Crippen LogP contribution in [0.3, 0.4) is 0 Å². The number of hydrogen-bond acceptors (Lipinski definition) is 3. The predicted molar refractivity (Wildman–Crippen MR) is 105 cm³/mol. The number of imidazole rings is 1. The first kappa shape index (κ1) is 17.2. The molecule has 0 aliphatic rings. The third-order valence-electron chi connectivity index (χ3n) is 4.38. The van der Waals surface area contributed by atoms with Gasteiger partial charge in [0.2, 0.25) is 0 Å². The van der Waals surface area contributed by atoms with Gasteiger partial charge < -0.3 is 4.98 Å². The quantitative estimate of drug-likeness (QED) is 0.392. The van der Waals surface area contributed by atoms with Crippen LogP contribution in [-0.2, 0) is 0 Å². The normalized spacial score (nSPS) is 11.0. The van der Waals surface area contributed by atoms with E-state index in [1.165, 1.54) is 0 Å². The van der Waals surface area contributed by atoms with Gasteiger partial charge in [-0.1, -0.05) is 72.3 Å². The topological polar surface area (TPSA) is 62.8 Å². The second kappa shape index (κ2) is 7.17. The van der Waals surface area contributed by atoms with Gasteiger partial charge in [0.15, 0.2) is 11.6 Å². The molecule has 0 bridgehead atoms. The summed E-state index contributed by atoms with van der Waals surface area (Å²) in [5, 5.41) is 0.554. The number of hydrogen-bond donors (Lipinski definition) is 1. The molecule has 4 nitrogen and oxygen atoms in total. The molecule has 0 radical (unpaired) electrons. The maximum absolute atomic E-state index is 13.2. The summed E-state index contributed by atoms with van der Waals surface area (Å²) in [6.07, 6.45) is 0. The molecule has 1 aromatic heterocycles. The van der Waals surface area contributed by atoms with Gasteiger partial charge in [0, 0.05) is 16.1 Å². The summed E-state index contributed by atoms with van der Waals surface area (Å²) in [5.41, 5.74) is 2.26. The SMILES string of the molecule is O=C(c1ccccc1)C(C(=O)c1ccccc1)c1nc2ccc(Cl)cc2[nH]1. The zero-order chi connectivity index (χ0) is 18.8. The van der Waals surface area contributed by atoms with Crippen molar-refractivity contribution in [3.8, 4) is 0 Å². The second-order valence-electron chi connectivity index (χ2n) is 6.18. The van der Waals surface area contributed by atoms with Crippen LogP contribution in [-0.4, -0.2) is 21.5 Å². The van der Waals surface area contributed by atoms with Crippen molar-refractivity contribution in [2.24, 2.45) is 0 Å². The zero-order valence-electron chi connectivity index (χ0n) is 14.2. The first-order chi connectivity index (χ1) is 13.1. The summed E-state index contributed by atoms with van der Waals surface area (Å²) in [6, 6.07) is 22.8. The van der Waals surface area contributed by atoms with Crippen molar-refractivity contribution in [3.05, 3.63) is 101 Å². The van der Waals surface area contributed by atoms with Crippen molar-refractivity contribution >= 4 is 34.2 Å². The Hall–Kier alpha value is -3.24. The maximum atomic E-state index is 13.2. The Morgan fingerprint density at radius 3 is 1.93 bits per heavy atom. The Kier molecular flexibility index (Phi) is 4.57. The second-order valence-corrected chi connectivity index (χ2v) is 6.61. The Labute approximate surface area is 160 Å². The van der Waals surface area contributed by atoms with E-state index in [1.807, 2.05) is 12.1 Å². The lowest BCUT2D eigenvalue weighted by Crippen LogP contribution is -2.23. The molecule has 1 heterocycles. The minimum atomic E-state index is -1.05. The van der Waals surface area contributed by atoms with Crippen LogP contribution in [0.5, 0.6) is 0 Å². The minimum Gasteiger partial charge on any atom is -0.341 e. The summed E-state index contributed by atoms with van der Waals surface area (Å²) in [6.45, 7) is 0. The van der Waals surface area contributed by atoms with Gasteiger partial charge in [-0.2, -0.15) is 0 Å². The summed E-state index contributed by atoms with van der Waals surface area (Å²) < 4.78 is 0. The van der Waals surface area contributed by atoms with E-state index in [0.29, 0.717) is 33.0 Å². The third-order valence-corrected chi connectivity index (χ3v) is 4.61. The van der Waals surface area contributed by atoms with Gasteiger partial charge in [-0.25, -0.2) is 4.98 Å². The monoisotopic (exact) mass is 374 g/mol. The van der Waals surface area contributed by atoms with Crippen LogP contribution in [0.4, 0.5) is 0 Å². The number of carbonyl (C=O) groups is 2. The van der Waals surface area contributed by atoms with Crippen LogP contribution in [0, 0.1) is 0 Å². The number of aromatic nitrogens is 2. The van der Waals surface area contributed by atoms with Gasteiger partial charge >= 0.3 is 0 Å². The Bertz CT molecular complexity index is 1070. The summed E-state index contributed by atoms with van der Waals surface area (Å²) in [5.74, 6) is -1.33. The van der Waals surface area contributed by atoms with Crippen molar-refractivity contribution in [1.82, 2.24) is 9.97 Å². The summed E-state index contributed by atoms with van der Waals surface area (Å²) >= 11 is 6.04. The number of carbonyl (C=O) groups excluding carboxylic acids is 2. The lowest BCUT2D eigenvalue weighted by Gasteiger charge is -2.13. The van der Waals surface area contributed by atoms with Crippen molar-refractivity contribution in [2.45, 2.75) is 5.92 Å². The van der Waals surface area contributed by atoms with E-state index in [4.69, 9.17) is 11.6 Å². The molecule has 3 aromatic carbocycles. The number of nitrogens with one attached hydrogen (secondary N) is 1. The number of halogens is 1. The van der Waals surface area contributed by atoms with E-state index in [0.717, 1.165) is 0 Å². The van der Waals surface area contributed by atoms with Crippen molar-refractivity contribution < 1.29 is 9.59 Å². The Balaban J connectivity index is 1.84. The molecule has 132 valence electrons. The fourth-order valence-electron chi connectivity index (χ4n) is 3.04. The molecule has 0 amide bonds.